The van der Waals surface area contributed by atoms with E-state index in [-0.39, 0.29) is 30.3 Å². The number of nitrogens with zero attached hydrogens (tertiary/aromatic N) is 2. The number of fused-ring (bicyclic) bond motifs is 1. The minimum atomic E-state index is -0.962. The highest BCUT2D eigenvalue weighted by Gasteiger charge is 2.18. The number of carbonyl (C=O) groups excluding carboxylic acids is 1. The monoisotopic (exact) mass is 376 g/mol. The molecule has 9 heteroatoms. The van der Waals surface area contributed by atoms with Crippen molar-refractivity contribution in [2.24, 2.45) is 0 Å². The lowest BCUT2D eigenvalue weighted by atomic mass is 10.2. The average Bonchev–Trinajstić information content (AvgIpc) is 2.93. The Kier molecular flexibility index (Phi) is 5.02. The van der Waals surface area contributed by atoms with Gasteiger partial charge in [0.25, 0.3) is 5.69 Å². The number of nitro benzene ring substituents is 1. The van der Waals surface area contributed by atoms with E-state index < -0.39 is 22.7 Å². The molecule has 0 saturated carbocycles. The number of nitro groups is 1. The maximum Gasteiger partial charge on any atom is 0.515 e. The smallest absolute Gasteiger partial charge is 0.434 e. The van der Waals surface area contributed by atoms with E-state index in [1.807, 2.05) is 0 Å². The highest BCUT2D eigenvalue weighted by atomic mass is 19.1. The number of hydrogen-bond donors (Lipinski definition) is 0. The zero-order valence-corrected chi connectivity index (χ0v) is 14.1. The van der Waals surface area contributed by atoms with Gasteiger partial charge in [0.2, 0.25) is 5.88 Å². The van der Waals surface area contributed by atoms with Crippen molar-refractivity contribution in [1.82, 2.24) is 4.57 Å². The van der Waals surface area contributed by atoms with Crippen LogP contribution in [0.1, 0.15) is 12.5 Å². The van der Waals surface area contributed by atoms with Crippen molar-refractivity contribution < 1.29 is 28.0 Å². The lowest BCUT2D eigenvalue weighted by molar-refractivity contribution is -0.384. The fraction of sp³-hybridized carbons (Fsp3) is 0.167. The molecule has 0 aliphatic carbocycles. The molecule has 0 N–H and O–H groups in total. The molecular formula is C18H14F2N2O5. The Morgan fingerprint density at radius 3 is 2.63 bits per heavy atom. The maximum atomic E-state index is 14.1. The quantitative estimate of drug-likeness (QED) is 0.374. The predicted molar refractivity (Wildman–Crippen MR) is 91.7 cm³/mol. The van der Waals surface area contributed by atoms with E-state index in [2.05, 4.69) is 0 Å². The SMILES string of the molecule is CCOC(=O)Oc1cc2cc([N+](=O)[O-])ccc2n1Cc1ccc(F)cc1F. The van der Waals surface area contributed by atoms with E-state index in [1.165, 1.54) is 34.9 Å². The van der Waals surface area contributed by atoms with E-state index >= 15 is 0 Å². The van der Waals surface area contributed by atoms with E-state index in [4.69, 9.17) is 9.47 Å². The summed E-state index contributed by atoms with van der Waals surface area (Å²) < 4.78 is 38.5. The summed E-state index contributed by atoms with van der Waals surface area (Å²) in [5, 5.41) is 11.4. The third-order valence-electron chi connectivity index (χ3n) is 3.85. The molecule has 0 bridgehead atoms. The van der Waals surface area contributed by atoms with Crippen molar-refractivity contribution in [2.45, 2.75) is 13.5 Å². The fourth-order valence-electron chi connectivity index (χ4n) is 2.65. The number of ether oxygens (including phenoxy) is 2. The van der Waals surface area contributed by atoms with E-state index in [0.29, 0.717) is 10.9 Å². The van der Waals surface area contributed by atoms with Gasteiger partial charge in [0.1, 0.15) is 11.6 Å². The molecule has 1 heterocycles. The van der Waals surface area contributed by atoms with Crippen LogP contribution in [0, 0.1) is 21.7 Å². The lowest BCUT2D eigenvalue weighted by Crippen LogP contribution is -2.13. The van der Waals surface area contributed by atoms with Crippen LogP contribution in [0.3, 0.4) is 0 Å². The molecule has 2 aromatic carbocycles. The molecule has 0 aliphatic heterocycles. The van der Waals surface area contributed by atoms with Crippen molar-refractivity contribution >= 4 is 22.7 Å². The van der Waals surface area contributed by atoms with E-state index in [1.54, 1.807) is 6.92 Å². The summed E-state index contributed by atoms with van der Waals surface area (Å²) >= 11 is 0. The molecule has 0 aliphatic rings. The molecule has 27 heavy (non-hydrogen) atoms. The average molecular weight is 376 g/mol. The molecule has 1 aromatic heterocycles. The maximum absolute atomic E-state index is 14.1. The van der Waals surface area contributed by atoms with Gasteiger partial charge in [-0.15, -0.1) is 0 Å². The second kappa shape index (κ2) is 7.40. The molecule has 0 saturated heterocycles. The first-order valence-electron chi connectivity index (χ1n) is 7.95. The molecule has 140 valence electrons. The van der Waals surface area contributed by atoms with Crippen LogP contribution in [0.15, 0.2) is 42.5 Å². The molecule has 0 amide bonds. The summed E-state index contributed by atoms with van der Waals surface area (Å²) in [6, 6.07) is 8.61. The summed E-state index contributed by atoms with van der Waals surface area (Å²) in [6.07, 6.45) is -0.962. The highest BCUT2D eigenvalue weighted by Crippen LogP contribution is 2.30. The van der Waals surface area contributed by atoms with Gasteiger partial charge in [0.05, 0.1) is 23.6 Å². The molecular weight excluding hydrogens is 362 g/mol. The van der Waals surface area contributed by atoms with Crippen molar-refractivity contribution in [3.63, 3.8) is 0 Å². The number of benzene rings is 2. The van der Waals surface area contributed by atoms with Crippen LogP contribution in [0.25, 0.3) is 10.9 Å². The number of rotatable bonds is 5. The molecule has 0 spiro atoms. The van der Waals surface area contributed by atoms with Gasteiger partial charge in [-0.2, -0.15) is 0 Å². The molecule has 0 unspecified atom stereocenters. The van der Waals surface area contributed by atoms with Crippen molar-refractivity contribution in [1.29, 1.82) is 0 Å². The topological polar surface area (TPSA) is 83.6 Å². The van der Waals surface area contributed by atoms with E-state index in [9.17, 15) is 23.7 Å². The minimum Gasteiger partial charge on any atom is -0.434 e. The third kappa shape index (κ3) is 3.86. The van der Waals surface area contributed by atoms with Gasteiger partial charge in [0, 0.05) is 35.2 Å². The Morgan fingerprint density at radius 1 is 1.19 bits per heavy atom. The first kappa shape index (κ1) is 18.3. The first-order valence-corrected chi connectivity index (χ1v) is 7.95. The van der Waals surface area contributed by atoms with Gasteiger partial charge in [-0.25, -0.2) is 13.6 Å². The Bertz CT molecular complexity index is 1030. The molecule has 0 fully saturated rings. The van der Waals surface area contributed by atoms with Gasteiger partial charge in [-0.05, 0) is 19.1 Å². The van der Waals surface area contributed by atoms with Gasteiger partial charge >= 0.3 is 6.16 Å². The fourth-order valence-corrected chi connectivity index (χ4v) is 2.65. The van der Waals surface area contributed by atoms with Crippen LogP contribution in [-0.4, -0.2) is 22.3 Å². The second-order valence-corrected chi connectivity index (χ2v) is 5.59. The number of aromatic nitrogens is 1. The van der Waals surface area contributed by atoms with Crippen LogP contribution in [0.2, 0.25) is 0 Å². The molecule has 0 atom stereocenters. The standard InChI is InChI=1S/C18H14F2N2O5/c1-2-26-18(23)27-17-8-12-7-14(22(24)25)5-6-16(12)21(17)10-11-3-4-13(19)9-15(11)20/h3-9H,2,10H2,1H3. The lowest BCUT2D eigenvalue weighted by Gasteiger charge is -2.11. The zero-order valence-electron chi connectivity index (χ0n) is 14.1. The van der Waals surface area contributed by atoms with Crippen molar-refractivity contribution in [3.8, 4) is 5.88 Å². The normalized spacial score (nSPS) is 10.8. The summed E-state index contributed by atoms with van der Waals surface area (Å²) in [4.78, 5) is 22.1. The summed E-state index contributed by atoms with van der Waals surface area (Å²) in [5.41, 5.74) is 0.486. The second-order valence-electron chi connectivity index (χ2n) is 5.59. The van der Waals surface area contributed by atoms with Crippen LogP contribution >= 0.6 is 0 Å². The van der Waals surface area contributed by atoms with E-state index in [0.717, 1.165) is 12.1 Å². The Morgan fingerprint density at radius 2 is 1.96 bits per heavy atom. The van der Waals surface area contributed by atoms with Crippen molar-refractivity contribution in [2.75, 3.05) is 6.61 Å². The van der Waals surface area contributed by atoms with Crippen molar-refractivity contribution in [3.05, 3.63) is 69.8 Å². The highest BCUT2D eigenvalue weighted by molar-refractivity contribution is 5.85. The predicted octanol–water partition coefficient (Wildman–Crippen LogP) is 4.41. The Labute approximate surface area is 151 Å². The number of carbonyl (C=O) groups is 1. The van der Waals surface area contributed by atoms with Crippen LogP contribution in [0.5, 0.6) is 5.88 Å². The van der Waals surface area contributed by atoms with Crippen LogP contribution in [-0.2, 0) is 11.3 Å². The van der Waals surface area contributed by atoms with Gasteiger partial charge < -0.3 is 14.0 Å². The van der Waals surface area contributed by atoms with Gasteiger partial charge in [-0.3, -0.25) is 10.1 Å². The number of halogens is 2. The molecule has 3 rings (SSSR count). The Balaban J connectivity index is 2.08. The summed E-state index contributed by atoms with van der Waals surface area (Å²) in [5.74, 6) is -1.46. The third-order valence-corrected chi connectivity index (χ3v) is 3.85. The zero-order chi connectivity index (χ0) is 19.6. The molecule has 7 nitrogen and oxygen atoms in total. The minimum absolute atomic E-state index is 0.0210. The summed E-state index contributed by atoms with van der Waals surface area (Å²) in [6.45, 7) is 1.62. The van der Waals surface area contributed by atoms with Crippen LogP contribution < -0.4 is 4.74 Å². The first-order chi connectivity index (χ1) is 12.9. The summed E-state index contributed by atoms with van der Waals surface area (Å²) in [7, 11) is 0. The molecule has 0 radical (unpaired) electrons. The number of hydrogen-bond acceptors (Lipinski definition) is 5. The van der Waals surface area contributed by atoms with Gasteiger partial charge in [-0.1, -0.05) is 6.07 Å². The number of non-ortho nitro benzene ring substituents is 1. The van der Waals surface area contributed by atoms with Gasteiger partial charge in [0.15, 0.2) is 0 Å². The van der Waals surface area contributed by atoms with Crippen LogP contribution in [0.4, 0.5) is 19.3 Å². The Hall–Kier alpha value is -3.49. The molecule has 3 aromatic rings. The largest absolute Gasteiger partial charge is 0.515 e.